The van der Waals surface area contributed by atoms with Crippen molar-refractivity contribution in [3.8, 4) is 0 Å². The first-order valence-corrected chi connectivity index (χ1v) is 3.49. The Bertz CT molecular complexity index is 81.7. The third-order valence-corrected chi connectivity index (χ3v) is 0.716. The SMILES string of the molecule is CC.COC(=O)CC(C)N. The number of carbonyl (C=O) groups excluding carboxylic acids is 1. The van der Waals surface area contributed by atoms with Crippen molar-refractivity contribution < 1.29 is 9.53 Å². The second-order valence-electron chi connectivity index (χ2n) is 1.76. The summed E-state index contributed by atoms with van der Waals surface area (Å²) in [5, 5.41) is 0. The standard InChI is InChI=1S/C5H11NO2.C2H6/c1-4(6)3-5(7)8-2;1-2/h4H,3,6H2,1-2H3;1-2H3. The van der Waals surface area contributed by atoms with E-state index in [1.165, 1.54) is 7.11 Å². The average Bonchev–Trinajstić information content (AvgIpc) is 1.91. The number of esters is 1. The molecule has 0 saturated heterocycles. The van der Waals surface area contributed by atoms with E-state index in [4.69, 9.17) is 5.73 Å². The summed E-state index contributed by atoms with van der Waals surface area (Å²) >= 11 is 0. The predicted molar refractivity (Wildman–Crippen MR) is 41.6 cm³/mol. The molecule has 0 heterocycles. The molecule has 0 rings (SSSR count). The van der Waals surface area contributed by atoms with E-state index in [2.05, 4.69) is 4.74 Å². The van der Waals surface area contributed by atoms with Crippen molar-refractivity contribution in [3.63, 3.8) is 0 Å². The van der Waals surface area contributed by atoms with Gasteiger partial charge in [-0.1, -0.05) is 13.8 Å². The van der Waals surface area contributed by atoms with Crippen LogP contribution in [0.3, 0.4) is 0 Å². The molecule has 2 N–H and O–H groups in total. The predicted octanol–water partition coefficient (Wildman–Crippen LogP) is 0.923. The molecule has 3 nitrogen and oxygen atoms in total. The molecule has 10 heavy (non-hydrogen) atoms. The van der Waals surface area contributed by atoms with Crippen molar-refractivity contribution in [2.75, 3.05) is 7.11 Å². The molecule has 0 aliphatic carbocycles. The van der Waals surface area contributed by atoms with Gasteiger partial charge in [0.15, 0.2) is 0 Å². The van der Waals surface area contributed by atoms with Crippen LogP contribution in [0.5, 0.6) is 0 Å². The molecule has 1 unspecified atom stereocenters. The minimum absolute atomic E-state index is 0.0950. The summed E-state index contributed by atoms with van der Waals surface area (Å²) in [5.41, 5.74) is 5.27. The summed E-state index contributed by atoms with van der Waals surface area (Å²) in [7, 11) is 1.35. The largest absolute Gasteiger partial charge is 0.469 e. The van der Waals surface area contributed by atoms with E-state index in [0.29, 0.717) is 6.42 Å². The Morgan fingerprint density at radius 1 is 1.60 bits per heavy atom. The lowest BCUT2D eigenvalue weighted by Gasteiger charge is -2.00. The Morgan fingerprint density at radius 3 is 2.10 bits per heavy atom. The lowest BCUT2D eigenvalue weighted by molar-refractivity contribution is -0.140. The van der Waals surface area contributed by atoms with Crippen LogP contribution >= 0.6 is 0 Å². The molecule has 3 heteroatoms. The van der Waals surface area contributed by atoms with Crippen LogP contribution < -0.4 is 5.73 Å². The van der Waals surface area contributed by atoms with E-state index in [0.717, 1.165) is 0 Å². The van der Waals surface area contributed by atoms with Gasteiger partial charge in [-0.3, -0.25) is 4.79 Å². The van der Waals surface area contributed by atoms with Crippen LogP contribution in [0.4, 0.5) is 0 Å². The van der Waals surface area contributed by atoms with Gasteiger partial charge in [0.25, 0.3) is 0 Å². The minimum Gasteiger partial charge on any atom is -0.469 e. The number of methoxy groups -OCH3 is 1. The molecule has 0 bridgehead atoms. The maximum absolute atomic E-state index is 10.3. The summed E-state index contributed by atoms with van der Waals surface area (Å²) in [4.78, 5) is 10.3. The van der Waals surface area contributed by atoms with Crippen molar-refractivity contribution in [1.29, 1.82) is 0 Å². The highest BCUT2D eigenvalue weighted by atomic mass is 16.5. The molecule has 0 aromatic rings. The number of hydrogen-bond acceptors (Lipinski definition) is 3. The van der Waals surface area contributed by atoms with Crippen LogP contribution in [-0.4, -0.2) is 19.1 Å². The zero-order valence-corrected chi connectivity index (χ0v) is 7.18. The quantitative estimate of drug-likeness (QED) is 0.591. The number of nitrogens with two attached hydrogens (primary N) is 1. The smallest absolute Gasteiger partial charge is 0.307 e. The van der Waals surface area contributed by atoms with Gasteiger partial charge in [0.1, 0.15) is 0 Å². The van der Waals surface area contributed by atoms with Gasteiger partial charge in [-0.05, 0) is 6.92 Å². The van der Waals surface area contributed by atoms with Crippen LogP contribution in [-0.2, 0) is 9.53 Å². The molecule has 62 valence electrons. The fourth-order valence-corrected chi connectivity index (χ4v) is 0.346. The van der Waals surface area contributed by atoms with E-state index < -0.39 is 0 Å². The Balaban J connectivity index is 0. The molecular weight excluding hydrogens is 130 g/mol. The van der Waals surface area contributed by atoms with E-state index in [-0.39, 0.29) is 12.0 Å². The second kappa shape index (κ2) is 8.43. The molecule has 0 radical (unpaired) electrons. The molecule has 0 aliphatic heterocycles. The summed E-state index contributed by atoms with van der Waals surface area (Å²) in [6, 6.07) is -0.0950. The summed E-state index contributed by atoms with van der Waals surface area (Å²) in [5.74, 6) is -0.250. The maximum atomic E-state index is 10.3. The van der Waals surface area contributed by atoms with Crippen LogP contribution in [0.15, 0.2) is 0 Å². The third-order valence-electron chi connectivity index (χ3n) is 0.716. The Labute approximate surface area is 62.5 Å². The number of carbonyl (C=O) groups is 1. The summed E-state index contributed by atoms with van der Waals surface area (Å²) in [6.45, 7) is 5.76. The maximum Gasteiger partial charge on any atom is 0.307 e. The number of hydrogen-bond donors (Lipinski definition) is 1. The van der Waals surface area contributed by atoms with Crippen LogP contribution in [0.2, 0.25) is 0 Å². The minimum atomic E-state index is -0.250. The molecule has 0 aromatic heterocycles. The van der Waals surface area contributed by atoms with Gasteiger partial charge in [-0.2, -0.15) is 0 Å². The lowest BCUT2D eigenvalue weighted by Crippen LogP contribution is -2.20. The zero-order valence-electron chi connectivity index (χ0n) is 7.18. The second-order valence-corrected chi connectivity index (χ2v) is 1.76. The highest BCUT2D eigenvalue weighted by molar-refractivity contribution is 5.69. The van der Waals surface area contributed by atoms with Crippen molar-refractivity contribution >= 4 is 5.97 Å². The van der Waals surface area contributed by atoms with Crippen LogP contribution in [0.1, 0.15) is 27.2 Å². The van der Waals surface area contributed by atoms with Crippen molar-refractivity contribution in [2.45, 2.75) is 33.2 Å². The molecular formula is C7H17NO2. The summed E-state index contributed by atoms with van der Waals surface area (Å²) in [6.07, 6.45) is 0.302. The fourth-order valence-electron chi connectivity index (χ4n) is 0.346. The lowest BCUT2D eigenvalue weighted by atomic mass is 10.3. The number of ether oxygens (including phenoxy) is 1. The molecule has 0 amide bonds. The highest BCUT2D eigenvalue weighted by Crippen LogP contribution is 1.86. The first-order chi connectivity index (χ1) is 4.66. The first kappa shape index (κ1) is 12.1. The van der Waals surface area contributed by atoms with Gasteiger partial charge in [-0.15, -0.1) is 0 Å². The summed E-state index contributed by atoms with van der Waals surface area (Å²) < 4.78 is 4.34. The van der Waals surface area contributed by atoms with Gasteiger partial charge in [-0.25, -0.2) is 0 Å². The molecule has 0 aromatic carbocycles. The van der Waals surface area contributed by atoms with Crippen LogP contribution in [0.25, 0.3) is 0 Å². The third kappa shape index (κ3) is 10.4. The highest BCUT2D eigenvalue weighted by Gasteiger charge is 2.01. The van der Waals surface area contributed by atoms with Gasteiger partial charge >= 0.3 is 5.97 Å². The molecule has 0 spiro atoms. The Hall–Kier alpha value is -0.570. The average molecular weight is 147 g/mol. The van der Waals surface area contributed by atoms with Crippen molar-refractivity contribution in [2.24, 2.45) is 5.73 Å². The zero-order chi connectivity index (χ0) is 8.57. The normalized spacial score (nSPS) is 10.9. The Kier molecular flexibility index (Phi) is 10.2. The monoisotopic (exact) mass is 147 g/mol. The fraction of sp³-hybridized carbons (Fsp3) is 0.857. The van der Waals surface area contributed by atoms with Crippen molar-refractivity contribution in [3.05, 3.63) is 0 Å². The van der Waals surface area contributed by atoms with Crippen molar-refractivity contribution in [1.82, 2.24) is 0 Å². The van der Waals surface area contributed by atoms with Crippen LogP contribution in [0, 0.1) is 0 Å². The molecule has 0 fully saturated rings. The number of rotatable bonds is 2. The molecule has 1 atom stereocenters. The molecule has 0 aliphatic rings. The van der Waals surface area contributed by atoms with Gasteiger partial charge in [0.05, 0.1) is 13.5 Å². The van der Waals surface area contributed by atoms with Gasteiger partial charge in [0.2, 0.25) is 0 Å². The van der Waals surface area contributed by atoms with Gasteiger partial charge in [0, 0.05) is 6.04 Å². The van der Waals surface area contributed by atoms with E-state index in [9.17, 15) is 4.79 Å². The van der Waals surface area contributed by atoms with E-state index >= 15 is 0 Å². The van der Waals surface area contributed by atoms with Gasteiger partial charge < -0.3 is 10.5 Å². The molecule has 0 saturated carbocycles. The van der Waals surface area contributed by atoms with E-state index in [1.54, 1.807) is 6.92 Å². The Morgan fingerprint density at radius 2 is 2.00 bits per heavy atom. The topological polar surface area (TPSA) is 52.3 Å². The first-order valence-electron chi connectivity index (χ1n) is 3.49. The van der Waals surface area contributed by atoms with E-state index in [1.807, 2.05) is 13.8 Å².